The molecule has 0 aromatic heterocycles. The first-order chi connectivity index (χ1) is 7.43. The molecule has 0 spiro atoms. The van der Waals surface area contributed by atoms with Crippen molar-refractivity contribution in [3.8, 4) is 0 Å². The van der Waals surface area contributed by atoms with Crippen LogP contribution in [0.15, 0.2) is 24.3 Å². The minimum Gasteiger partial charge on any atom is -0.398 e. The van der Waals surface area contributed by atoms with Crippen molar-refractivity contribution in [2.24, 2.45) is 0 Å². The Kier molecular flexibility index (Phi) is 2.66. The summed E-state index contributed by atoms with van der Waals surface area (Å²) in [6, 6.07) is 6.73. The van der Waals surface area contributed by atoms with Crippen LogP contribution in [0, 0.1) is 0 Å². The minimum atomic E-state index is -3.06. The molecule has 0 atom stereocenters. The maximum atomic E-state index is 14.6. The van der Waals surface area contributed by atoms with Crippen molar-refractivity contribution in [3.63, 3.8) is 0 Å². The van der Waals surface area contributed by atoms with Crippen molar-refractivity contribution >= 4 is 15.5 Å². The van der Waals surface area contributed by atoms with Crippen molar-refractivity contribution in [2.75, 3.05) is 17.2 Å². The highest BCUT2D eigenvalue weighted by atomic mass is 32.2. The van der Waals surface area contributed by atoms with Crippen LogP contribution in [0.25, 0.3) is 0 Å². The van der Waals surface area contributed by atoms with Crippen LogP contribution in [0.1, 0.15) is 18.4 Å². The first-order valence-corrected chi connectivity index (χ1v) is 6.99. The van der Waals surface area contributed by atoms with Crippen LogP contribution in [0.3, 0.4) is 0 Å². The third kappa shape index (κ3) is 2.04. The monoisotopic (exact) mass is 243 g/mol. The molecule has 3 nitrogen and oxygen atoms in total. The summed E-state index contributed by atoms with van der Waals surface area (Å²) in [5.41, 5.74) is 4.94. The average molecular weight is 243 g/mol. The van der Waals surface area contributed by atoms with Gasteiger partial charge in [0.1, 0.15) is 5.67 Å². The van der Waals surface area contributed by atoms with Crippen LogP contribution in [0.2, 0.25) is 0 Å². The van der Waals surface area contributed by atoms with Crippen molar-refractivity contribution in [2.45, 2.75) is 18.5 Å². The van der Waals surface area contributed by atoms with E-state index in [-0.39, 0.29) is 24.3 Å². The Bertz CT molecular complexity index is 484. The van der Waals surface area contributed by atoms with Gasteiger partial charge in [0.25, 0.3) is 0 Å². The number of nitrogens with two attached hydrogens (primary N) is 1. The van der Waals surface area contributed by atoms with Gasteiger partial charge in [0.05, 0.1) is 11.5 Å². The van der Waals surface area contributed by atoms with Gasteiger partial charge >= 0.3 is 0 Å². The van der Waals surface area contributed by atoms with Gasteiger partial charge in [-0.2, -0.15) is 0 Å². The molecule has 1 aliphatic heterocycles. The molecule has 0 aliphatic carbocycles. The molecule has 1 aromatic rings. The maximum absolute atomic E-state index is 14.6. The summed E-state index contributed by atoms with van der Waals surface area (Å²) in [5, 5.41) is 0. The van der Waals surface area contributed by atoms with Gasteiger partial charge in [-0.15, -0.1) is 0 Å². The lowest BCUT2D eigenvalue weighted by Gasteiger charge is -2.30. The number of rotatable bonds is 1. The van der Waals surface area contributed by atoms with Gasteiger partial charge in [0.2, 0.25) is 0 Å². The molecular formula is C11H14FNO2S. The van der Waals surface area contributed by atoms with Crippen LogP contribution in [0.4, 0.5) is 10.1 Å². The summed E-state index contributed by atoms with van der Waals surface area (Å²) in [4.78, 5) is 0. The average Bonchev–Trinajstić information content (AvgIpc) is 2.24. The highest BCUT2D eigenvalue weighted by Gasteiger charge is 2.39. The lowest BCUT2D eigenvalue weighted by molar-refractivity contribution is 0.149. The second-order valence-electron chi connectivity index (χ2n) is 4.20. The van der Waals surface area contributed by atoms with Crippen molar-refractivity contribution in [3.05, 3.63) is 29.8 Å². The normalized spacial score (nSPS) is 22.8. The molecule has 0 radical (unpaired) electrons. The summed E-state index contributed by atoms with van der Waals surface area (Å²) < 4.78 is 37.1. The number of halogens is 1. The lowest BCUT2D eigenvalue weighted by Crippen LogP contribution is -2.34. The summed E-state index contributed by atoms with van der Waals surface area (Å²) in [6.07, 6.45) is 0.00704. The number of anilines is 1. The van der Waals surface area contributed by atoms with Crippen LogP contribution in [-0.4, -0.2) is 19.9 Å². The summed E-state index contributed by atoms with van der Waals surface area (Å²) >= 11 is 0. The van der Waals surface area contributed by atoms with E-state index < -0.39 is 15.5 Å². The SMILES string of the molecule is Nc1ccccc1C1(F)CCS(=O)(=O)CC1. The maximum Gasteiger partial charge on any atom is 0.150 e. The largest absolute Gasteiger partial charge is 0.398 e. The number of benzene rings is 1. The zero-order valence-electron chi connectivity index (χ0n) is 8.82. The van der Waals surface area contributed by atoms with Gasteiger partial charge in [0.15, 0.2) is 9.84 Å². The van der Waals surface area contributed by atoms with Gasteiger partial charge in [-0.1, -0.05) is 18.2 Å². The van der Waals surface area contributed by atoms with Crippen molar-refractivity contribution in [1.29, 1.82) is 0 Å². The van der Waals surface area contributed by atoms with Crippen molar-refractivity contribution < 1.29 is 12.8 Å². The molecule has 16 heavy (non-hydrogen) atoms. The van der Waals surface area contributed by atoms with Crippen LogP contribution in [0.5, 0.6) is 0 Å². The predicted octanol–water partition coefficient (Wildman–Crippen LogP) is 1.64. The zero-order valence-corrected chi connectivity index (χ0v) is 9.63. The molecule has 1 aliphatic rings. The van der Waals surface area contributed by atoms with Crippen molar-refractivity contribution in [1.82, 2.24) is 0 Å². The van der Waals surface area contributed by atoms with E-state index in [4.69, 9.17) is 5.73 Å². The molecule has 1 aromatic carbocycles. The van der Waals surface area contributed by atoms with Crippen LogP contribution < -0.4 is 5.73 Å². The fourth-order valence-corrected chi connectivity index (χ4v) is 3.51. The first kappa shape index (κ1) is 11.4. The Morgan fingerprint density at radius 1 is 1.19 bits per heavy atom. The van der Waals surface area contributed by atoms with Gasteiger partial charge in [-0.05, 0) is 18.9 Å². The van der Waals surface area contributed by atoms with E-state index in [1.807, 2.05) is 0 Å². The second kappa shape index (κ2) is 3.73. The fraction of sp³-hybridized carbons (Fsp3) is 0.455. The Morgan fingerprint density at radius 3 is 2.31 bits per heavy atom. The highest BCUT2D eigenvalue weighted by Crippen LogP contribution is 2.40. The summed E-state index contributed by atoms with van der Waals surface area (Å²) in [6.45, 7) is 0. The second-order valence-corrected chi connectivity index (χ2v) is 6.51. The van der Waals surface area contributed by atoms with Gasteiger partial charge in [-0.3, -0.25) is 0 Å². The first-order valence-electron chi connectivity index (χ1n) is 5.17. The minimum absolute atomic E-state index is 0.00352. The molecule has 5 heteroatoms. The standard InChI is InChI=1S/C11H14FNO2S/c12-11(5-7-16(14,15)8-6-11)9-3-1-2-4-10(9)13/h1-4H,5-8,13H2. The summed E-state index contributed by atoms with van der Waals surface area (Å²) in [7, 11) is -3.06. The van der Waals surface area contributed by atoms with Crippen LogP contribution >= 0.6 is 0 Å². The Hall–Kier alpha value is -1.10. The number of nitrogen functional groups attached to an aromatic ring is 1. The molecule has 0 amide bonds. The Morgan fingerprint density at radius 2 is 1.75 bits per heavy atom. The number of hydrogen-bond donors (Lipinski definition) is 1. The van der Waals surface area contributed by atoms with E-state index in [2.05, 4.69) is 0 Å². The molecule has 0 bridgehead atoms. The Balaban J connectivity index is 2.32. The highest BCUT2D eigenvalue weighted by molar-refractivity contribution is 7.91. The number of alkyl halides is 1. The molecular weight excluding hydrogens is 229 g/mol. The number of hydrogen-bond acceptors (Lipinski definition) is 3. The third-order valence-electron chi connectivity index (χ3n) is 3.06. The quantitative estimate of drug-likeness (QED) is 0.763. The van der Waals surface area contributed by atoms with E-state index in [0.29, 0.717) is 11.3 Å². The molecule has 1 saturated heterocycles. The topological polar surface area (TPSA) is 60.2 Å². The molecule has 2 rings (SSSR count). The third-order valence-corrected chi connectivity index (χ3v) is 4.71. The van der Waals surface area contributed by atoms with E-state index >= 15 is 0 Å². The van der Waals surface area contributed by atoms with E-state index in [1.165, 1.54) is 0 Å². The smallest absolute Gasteiger partial charge is 0.150 e. The Labute approximate surface area is 94.4 Å². The molecule has 1 fully saturated rings. The van der Waals surface area contributed by atoms with Gasteiger partial charge in [-0.25, -0.2) is 12.8 Å². The molecule has 1 heterocycles. The number of para-hydroxylation sites is 1. The number of sulfone groups is 1. The molecule has 0 unspecified atom stereocenters. The van der Waals surface area contributed by atoms with E-state index in [9.17, 15) is 12.8 Å². The molecule has 2 N–H and O–H groups in total. The zero-order chi connectivity index (χ0) is 11.8. The van der Waals surface area contributed by atoms with Gasteiger partial charge in [0, 0.05) is 11.3 Å². The molecule has 0 saturated carbocycles. The predicted molar refractivity (Wildman–Crippen MR) is 61.5 cm³/mol. The molecule has 88 valence electrons. The van der Waals surface area contributed by atoms with E-state index in [1.54, 1.807) is 24.3 Å². The lowest BCUT2D eigenvalue weighted by atomic mass is 9.89. The van der Waals surface area contributed by atoms with E-state index in [0.717, 1.165) is 0 Å². The van der Waals surface area contributed by atoms with Gasteiger partial charge < -0.3 is 5.73 Å². The van der Waals surface area contributed by atoms with Crippen LogP contribution in [-0.2, 0) is 15.5 Å². The fourth-order valence-electron chi connectivity index (χ4n) is 2.04. The summed E-state index contributed by atoms with van der Waals surface area (Å²) in [5.74, 6) is -0.199.